The maximum absolute atomic E-state index is 5.42. The highest BCUT2D eigenvalue weighted by atomic mass is 79.9. The Labute approximate surface area is 110 Å². The van der Waals surface area contributed by atoms with Gasteiger partial charge in [-0.15, -0.1) is 0 Å². The van der Waals surface area contributed by atoms with Gasteiger partial charge in [-0.25, -0.2) is 10.8 Å². The Hall–Kier alpha value is -1.11. The lowest BCUT2D eigenvalue weighted by molar-refractivity contribution is 0.185. The van der Waals surface area contributed by atoms with Gasteiger partial charge in [-0.3, -0.25) is 5.43 Å². The van der Waals surface area contributed by atoms with Crippen molar-refractivity contribution in [2.75, 3.05) is 19.0 Å². The summed E-state index contributed by atoms with van der Waals surface area (Å²) in [7, 11) is 1.64. The molecule has 17 heavy (non-hydrogen) atoms. The molecule has 0 amide bonds. The Morgan fingerprint density at radius 1 is 1.53 bits per heavy atom. The van der Waals surface area contributed by atoms with E-state index in [9.17, 15) is 0 Å². The van der Waals surface area contributed by atoms with Gasteiger partial charge in [0.2, 0.25) is 5.96 Å². The molecule has 0 spiro atoms. The molecule has 0 aliphatic heterocycles. The molecule has 5 nitrogen and oxygen atoms in total. The van der Waals surface area contributed by atoms with Gasteiger partial charge in [0, 0.05) is 11.6 Å². The van der Waals surface area contributed by atoms with E-state index in [1.54, 1.807) is 7.11 Å². The Morgan fingerprint density at radius 2 is 2.24 bits per heavy atom. The summed E-state index contributed by atoms with van der Waals surface area (Å²) in [6.45, 7) is 2.49. The topological polar surface area (TPSA) is 71.7 Å². The Morgan fingerprint density at radius 3 is 2.82 bits per heavy atom. The molecule has 1 rings (SSSR count). The third-order valence-corrected chi connectivity index (χ3v) is 2.71. The SMILES string of the molecule is COCC(C)N=C(NN)Nc1ccccc1Br. The number of ether oxygens (including phenoxy) is 1. The molecular weight excluding hydrogens is 284 g/mol. The number of nitrogens with one attached hydrogen (secondary N) is 2. The van der Waals surface area contributed by atoms with Crippen LogP contribution in [0.4, 0.5) is 5.69 Å². The van der Waals surface area contributed by atoms with Gasteiger partial charge in [0.15, 0.2) is 0 Å². The predicted octanol–water partition coefficient (Wildman–Crippen LogP) is 1.72. The Balaban J connectivity index is 2.73. The van der Waals surface area contributed by atoms with Crippen LogP contribution in [0.3, 0.4) is 0 Å². The van der Waals surface area contributed by atoms with E-state index in [1.165, 1.54) is 0 Å². The van der Waals surface area contributed by atoms with E-state index in [1.807, 2.05) is 31.2 Å². The first-order chi connectivity index (χ1) is 8.17. The first-order valence-corrected chi connectivity index (χ1v) is 6.01. The lowest BCUT2D eigenvalue weighted by Crippen LogP contribution is -2.37. The number of halogens is 1. The van der Waals surface area contributed by atoms with Crippen LogP contribution in [0.5, 0.6) is 0 Å². The van der Waals surface area contributed by atoms with Gasteiger partial charge in [0.1, 0.15) is 0 Å². The van der Waals surface area contributed by atoms with Gasteiger partial charge in [-0.1, -0.05) is 12.1 Å². The second-order valence-corrected chi connectivity index (χ2v) is 4.39. The number of rotatable bonds is 4. The van der Waals surface area contributed by atoms with Gasteiger partial charge in [0.05, 0.1) is 18.3 Å². The molecule has 0 radical (unpaired) electrons. The van der Waals surface area contributed by atoms with Crippen LogP contribution in [0, 0.1) is 0 Å². The number of hydrogen-bond donors (Lipinski definition) is 3. The lowest BCUT2D eigenvalue weighted by Gasteiger charge is -2.13. The average molecular weight is 301 g/mol. The zero-order valence-corrected chi connectivity index (χ0v) is 11.5. The van der Waals surface area contributed by atoms with Gasteiger partial charge in [-0.05, 0) is 35.0 Å². The second kappa shape index (κ2) is 7.26. The fraction of sp³-hybridized carbons (Fsp3) is 0.364. The number of hydrogen-bond acceptors (Lipinski definition) is 3. The molecule has 0 aliphatic carbocycles. The summed E-state index contributed by atoms with van der Waals surface area (Å²) in [5, 5.41) is 3.10. The number of methoxy groups -OCH3 is 1. The van der Waals surface area contributed by atoms with Crippen molar-refractivity contribution in [1.82, 2.24) is 5.43 Å². The maximum atomic E-state index is 5.42. The van der Waals surface area contributed by atoms with E-state index < -0.39 is 0 Å². The van der Waals surface area contributed by atoms with Crippen molar-refractivity contribution in [2.45, 2.75) is 13.0 Å². The highest BCUT2D eigenvalue weighted by molar-refractivity contribution is 9.10. The summed E-state index contributed by atoms with van der Waals surface area (Å²) in [5.41, 5.74) is 3.43. The summed E-state index contributed by atoms with van der Waals surface area (Å²) in [6, 6.07) is 7.77. The van der Waals surface area contributed by atoms with E-state index >= 15 is 0 Å². The summed E-state index contributed by atoms with van der Waals surface area (Å²) in [6.07, 6.45) is 0. The number of nitrogens with two attached hydrogens (primary N) is 1. The molecule has 94 valence electrons. The van der Waals surface area contributed by atoms with Crippen LogP contribution in [0.1, 0.15) is 6.92 Å². The van der Waals surface area contributed by atoms with Crippen molar-refractivity contribution in [3.8, 4) is 0 Å². The third-order valence-electron chi connectivity index (χ3n) is 2.02. The largest absolute Gasteiger partial charge is 0.382 e. The van der Waals surface area contributed by atoms with Gasteiger partial charge < -0.3 is 10.1 Å². The lowest BCUT2D eigenvalue weighted by atomic mass is 10.3. The van der Waals surface area contributed by atoms with Crippen molar-refractivity contribution < 1.29 is 4.74 Å². The van der Waals surface area contributed by atoms with Crippen LogP contribution in [0.25, 0.3) is 0 Å². The highest BCUT2D eigenvalue weighted by Crippen LogP contribution is 2.20. The maximum Gasteiger partial charge on any atom is 0.210 e. The van der Waals surface area contributed by atoms with Crippen molar-refractivity contribution >= 4 is 27.6 Å². The summed E-state index contributed by atoms with van der Waals surface area (Å²) >= 11 is 3.44. The minimum atomic E-state index is 0.0287. The molecule has 0 heterocycles. The summed E-state index contributed by atoms with van der Waals surface area (Å²) in [4.78, 5) is 4.34. The Kier molecular flexibility index (Phi) is 5.96. The average Bonchev–Trinajstić information content (AvgIpc) is 2.31. The molecule has 1 atom stereocenters. The van der Waals surface area contributed by atoms with Crippen molar-refractivity contribution in [1.29, 1.82) is 0 Å². The number of hydrazine groups is 1. The molecule has 1 aromatic rings. The monoisotopic (exact) mass is 300 g/mol. The van der Waals surface area contributed by atoms with Gasteiger partial charge in [-0.2, -0.15) is 0 Å². The van der Waals surface area contributed by atoms with E-state index in [4.69, 9.17) is 10.6 Å². The fourth-order valence-electron chi connectivity index (χ4n) is 1.29. The van der Waals surface area contributed by atoms with Crippen LogP contribution >= 0.6 is 15.9 Å². The highest BCUT2D eigenvalue weighted by Gasteiger charge is 2.04. The van der Waals surface area contributed by atoms with Gasteiger partial charge in [0.25, 0.3) is 0 Å². The minimum Gasteiger partial charge on any atom is -0.382 e. The second-order valence-electron chi connectivity index (χ2n) is 3.53. The molecule has 0 fully saturated rings. The molecular formula is C11H17BrN4O. The van der Waals surface area contributed by atoms with E-state index in [2.05, 4.69) is 31.7 Å². The van der Waals surface area contributed by atoms with Crippen LogP contribution in [0.2, 0.25) is 0 Å². The summed E-state index contributed by atoms with van der Waals surface area (Å²) in [5.74, 6) is 5.92. The van der Waals surface area contributed by atoms with Crippen LogP contribution < -0.4 is 16.6 Å². The fourth-order valence-corrected chi connectivity index (χ4v) is 1.68. The number of aliphatic imine (C=N–C) groups is 1. The molecule has 0 aliphatic rings. The standard InChI is InChI=1S/C11H17BrN4O/c1-8(7-17-2)14-11(16-13)15-10-6-4-3-5-9(10)12/h3-6,8H,7,13H2,1-2H3,(H2,14,15,16). The number of anilines is 1. The Bertz CT molecular complexity index is 383. The molecule has 1 aromatic carbocycles. The first kappa shape index (κ1) is 14.0. The van der Waals surface area contributed by atoms with Crippen LogP contribution in [0.15, 0.2) is 33.7 Å². The van der Waals surface area contributed by atoms with Gasteiger partial charge >= 0.3 is 0 Å². The molecule has 0 aromatic heterocycles. The van der Waals surface area contributed by atoms with Crippen molar-refractivity contribution in [3.05, 3.63) is 28.7 Å². The van der Waals surface area contributed by atoms with E-state index in [-0.39, 0.29) is 6.04 Å². The minimum absolute atomic E-state index is 0.0287. The molecule has 4 N–H and O–H groups in total. The zero-order valence-electron chi connectivity index (χ0n) is 9.90. The van der Waals surface area contributed by atoms with Crippen molar-refractivity contribution in [3.63, 3.8) is 0 Å². The molecule has 0 saturated heterocycles. The molecule has 0 bridgehead atoms. The molecule has 1 unspecified atom stereocenters. The number of guanidine groups is 1. The third kappa shape index (κ3) is 4.72. The summed E-state index contributed by atoms with van der Waals surface area (Å²) < 4.78 is 5.96. The number of nitrogens with zero attached hydrogens (tertiary/aromatic N) is 1. The smallest absolute Gasteiger partial charge is 0.210 e. The molecule has 0 saturated carbocycles. The zero-order chi connectivity index (χ0) is 12.7. The number of para-hydroxylation sites is 1. The van der Waals surface area contributed by atoms with E-state index in [0.29, 0.717) is 12.6 Å². The first-order valence-electron chi connectivity index (χ1n) is 5.22. The predicted molar refractivity (Wildman–Crippen MR) is 73.9 cm³/mol. The van der Waals surface area contributed by atoms with Crippen molar-refractivity contribution in [2.24, 2.45) is 10.8 Å². The normalized spacial score (nSPS) is 13.3. The van der Waals surface area contributed by atoms with Crippen LogP contribution in [-0.4, -0.2) is 25.7 Å². The quantitative estimate of drug-likeness (QED) is 0.343. The number of benzene rings is 1. The van der Waals surface area contributed by atoms with Crippen LogP contribution in [-0.2, 0) is 4.74 Å². The molecule has 6 heteroatoms. The van der Waals surface area contributed by atoms with E-state index in [0.717, 1.165) is 10.2 Å².